The highest BCUT2D eigenvalue weighted by atomic mass is 19.4. The van der Waals surface area contributed by atoms with Crippen LogP contribution in [0.2, 0.25) is 0 Å². The summed E-state index contributed by atoms with van der Waals surface area (Å²) in [5.41, 5.74) is 1.98. The summed E-state index contributed by atoms with van der Waals surface area (Å²) < 4.78 is 38.9. The fourth-order valence-corrected chi connectivity index (χ4v) is 2.74. The molecule has 130 valence electrons. The van der Waals surface area contributed by atoms with Crippen LogP contribution in [0.25, 0.3) is 22.2 Å². The van der Waals surface area contributed by atoms with Gasteiger partial charge in [-0.3, -0.25) is 4.98 Å². The maximum absolute atomic E-state index is 13.0. The van der Waals surface area contributed by atoms with Crippen LogP contribution < -0.4 is 5.32 Å². The van der Waals surface area contributed by atoms with Gasteiger partial charge in [-0.25, -0.2) is 4.98 Å². The van der Waals surface area contributed by atoms with Gasteiger partial charge in [-0.2, -0.15) is 13.2 Å². The minimum Gasteiger partial charge on any atom is -0.354 e. The largest absolute Gasteiger partial charge is 0.416 e. The predicted octanol–water partition coefficient (Wildman–Crippen LogP) is 5.39. The lowest BCUT2D eigenvalue weighted by atomic mass is 10.1. The number of pyridine rings is 2. The van der Waals surface area contributed by atoms with Crippen molar-refractivity contribution in [3.63, 3.8) is 0 Å². The van der Waals surface area contributed by atoms with Crippen LogP contribution in [0.1, 0.15) is 5.56 Å². The van der Waals surface area contributed by atoms with Crippen molar-refractivity contribution < 1.29 is 13.2 Å². The predicted molar refractivity (Wildman–Crippen MR) is 94.1 cm³/mol. The topological polar surface area (TPSA) is 53.6 Å². The van der Waals surface area contributed by atoms with Crippen LogP contribution in [-0.4, -0.2) is 15.0 Å². The second-order valence-electron chi connectivity index (χ2n) is 5.74. The number of benzene rings is 1. The van der Waals surface area contributed by atoms with Crippen LogP contribution in [0.5, 0.6) is 0 Å². The Hall–Kier alpha value is -3.35. The fourth-order valence-electron chi connectivity index (χ4n) is 2.74. The SMILES string of the molecule is FC(F)(F)c1cccc(-c2cc3c(Nc4ccncc4)nccc3[nH]2)c1. The monoisotopic (exact) mass is 354 g/mol. The van der Waals surface area contributed by atoms with Gasteiger partial charge < -0.3 is 10.3 Å². The molecule has 2 N–H and O–H groups in total. The summed E-state index contributed by atoms with van der Waals surface area (Å²) in [7, 11) is 0. The van der Waals surface area contributed by atoms with Gasteiger partial charge in [-0.05, 0) is 42.0 Å². The molecule has 0 aliphatic carbocycles. The Morgan fingerprint density at radius 3 is 2.50 bits per heavy atom. The molecule has 0 bridgehead atoms. The van der Waals surface area contributed by atoms with Crippen molar-refractivity contribution in [1.29, 1.82) is 0 Å². The normalized spacial score (nSPS) is 11.7. The van der Waals surface area contributed by atoms with E-state index in [1.54, 1.807) is 48.9 Å². The van der Waals surface area contributed by atoms with E-state index in [-0.39, 0.29) is 0 Å². The van der Waals surface area contributed by atoms with E-state index in [1.165, 1.54) is 6.07 Å². The molecular formula is C19H13F3N4. The van der Waals surface area contributed by atoms with Crippen LogP contribution in [-0.2, 0) is 6.18 Å². The van der Waals surface area contributed by atoms with Gasteiger partial charge in [0.15, 0.2) is 0 Å². The van der Waals surface area contributed by atoms with E-state index in [2.05, 4.69) is 20.3 Å². The standard InChI is InChI=1S/C19H13F3N4/c20-19(21,22)13-3-1-2-12(10-13)17-11-15-16(26-17)6-9-24-18(15)25-14-4-7-23-8-5-14/h1-11,26H,(H,23,24,25). The molecule has 4 nitrogen and oxygen atoms in total. The van der Waals surface area contributed by atoms with E-state index in [1.807, 2.05) is 0 Å². The number of aromatic amines is 1. The molecule has 3 heterocycles. The lowest BCUT2D eigenvalue weighted by molar-refractivity contribution is -0.137. The molecule has 0 radical (unpaired) electrons. The summed E-state index contributed by atoms with van der Waals surface area (Å²) >= 11 is 0. The Morgan fingerprint density at radius 1 is 0.923 bits per heavy atom. The quantitative estimate of drug-likeness (QED) is 0.519. The van der Waals surface area contributed by atoms with E-state index in [4.69, 9.17) is 0 Å². The highest BCUT2D eigenvalue weighted by Gasteiger charge is 2.30. The lowest BCUT2D eigenvalue weighted by Gasteiger charge is -2.07. The molecule has 0 atom stereocenters. The Labute approximate surface area is 146 Å². The van der Waals surface area contributed by atoms with Crippen LogP contribution in [0.4, 0.5) is 24.7 Å². The van der Waals surface area contributed by atoms with Crippen molar-refractivity contribution in [2.24, 2.45) is 0 Å². The molecule has 0 aliphatic heterocycles. The first-order chi connectivity index (χ1) is 12.5. The van der Waals surface area contributed by atoms with Gasteiger partial charge in [0.25, 0.3) is 0 Å². The van der Waals surface area contributed by atoms with Gasteiger partial charge in [-0.1, -0.05) is 12.1 Å². The van der Waals surface area contributed by atoms with Crippen LogP contribution in [0, 0.1) is 0 Å². The molecule has 4 rings (SSSR count). The van der Waals surface area contributed by atoms with Crippen LogP contribution in [0.15, 0.2) is 67.1 Å². The average Bonchev–Trinajstić information content (AvgIpc) is 3.07. The number of hydrogen-bond acceptors (Lipinski definition) is 3. The second-order valence-corrected chi connectivity index (χ2v) is 5.74. The van der Waals surface area contributed by atoms with E-state index >= 15 is 0 Å². The van der Waals surface area contributed by atoms with Gasteiger partial charge >= 0.3 is 6.18 Å². The zero-order valence-corrected chi connectivity index (χ0v) is 13.4. The third kappa shape index (κ3) is 3.11. The summed E-state index contributed by atoms with van der Waals surface area (Å²) in [6, 6.07) is 12.4. The number of fused-ring (bicyclic) bond motifs is 1. The molecular weight excluding hydrogens is 341 g/mol. The number of alkyl halides is 3. The van der Waals surface area contributed by atoms with Gasteiger partial charge in [-0.15, -0.1) is 0 Å². The molecule has 4 aromatic rings. The summed E-state index contributed by atoms with van der Waals surface area (Å²) in [5.74, 6) is 0.614. The average molecular weight is 354 g/mol. The maximum atomic E-state index is 13.0. The lowest BCUT2D eigenvalue weighted by Crippen LogP contribution is -2.04. The number of nitrogens with one attached hydrogen (secondary N) is 2. The maximum Gasteiger partial charge on any atom is 0.416 e. The Bertz CT molecular complexity index is 1060. The van der Waals surface area contributed by atoms with E-state index in [0.717, 1.165) is 28.7 Å². The van der Waals surface area contributed by atoms with E-state index < -0.39 is 11.7 Å². The van der Waals surface area contributed by atoms with Crippen LogP contribution in [0.3, 0.4) is 0 Å². The number of H-pyrrole nitrogens is 1. The molecule has 7 heteroatoms. The zero-order valence-electron chi connectivity index (χ0n) is 13.4. The number of anilines is 2. The summed E-state index contributed by atoms with van der Waals surface area (Å²) in [5, 5.41) is 3.98. The Kier molecular flexibility index (Phi) is 3.84. The first kappa shape index (κ1) is 16.1. The van der Waals surface area contributed by atoms with Crippen molar-refractivity contribution >= 4 is 22.4 Å². The number of nitrogens with zero attached hydrogens (tertiary/aromatic N) is 2. The second kappa shape index (κ2) is 6.18. The fraction of sp³-hybridized carbons (Fsp3) is 0.0526. The number of hydrogen-bond donors (Lipinski definition) is 2. The first-order valence-electron chi connectivity index (χ1n) is 7.83. The van der Waals surface area contributed by atoms with Crippen molar-refractivity contribution in [2.45, 2.75) is 6.18 Å². The summed E-state index contributed by atoms with van der Waals surface area (Å²) in [6.07, 6.45) is 0.581. The number of halogens is 3. The third-order valence-electron chi connectivity index (χ3n) is 3.99. The molecule has 26 heavy (non-hydrogen) atoms. The molecule has 0 unspecified atom stereocenters. The van der Waals surface area contributed by atoms with Crippen molar-refractivity contribution in [1.82, 2.24) is 15.0 Å². The van der Waals surface area contributed by atoms with E-state index in [0.29, 0.717) is 17.1 Å². The molecule has 1 aromatic carbocycles. The van der Waals surface area contributed by atoms with Gasteiger partial charge in [0.1, 0.15) is 5.82 Å². The Morgan fingerprint density at radius 2 is 1.73 bits per heavy atom. The first-order valence-corrected chi connectivity index (χ1v) is 7.83. The highest BCUT2D eigenvalue weighted by Crippen LogP contribution is 2.34. The molecule has 3 aromatic heterocycles. The highest BCUT2D eigenvalue weighted by molar-refractivity contribution is 5.95. The summed E-state index contributed by atoms with van der Waals surface area (Å²) in [6.45, 7) is 0. The van der Waals surface area contributed by atoms with Crippen molar-refractivity contribution in [2.75, 3.05) is 5.32 Å². The van der Waals surface area contributed by atoms with Crippen molar-refractivity contribution in [3.05, 3.63) is 72.7 Å². The molecule has 0 fully saturated rings. The Balaban J connectivity index is 1.76. The van der Waals surface area contributed by atoms with Crippen molar-refractivity contribution in [3.8, 4) is 11.3 Å². The van der Waals surface area contributed by atoms with Crippen LogP contribution >= 0.6 is 0 Å². The van der Waals surface area contributed by atoms with Gasteiger partial charge in [0.05, 0.1) is 11.1 Å². The number of rotatable bonds is 3. The summed E-state index contributed by atoms with van der Waals surface area (Å²) in [4.78, 5) is 11.5. The molecule has 0 aliphatic rings. The zero-order chi connectivity index (χ0) is 18.1. The molecule has 0 saturated carbocycles. The van der Waals surface area contributed by atoms with Gasteiger partial charge in [0, 0.05) is 35.4 Å². The molecule has 0 spiro atoms. The molecule has 0 amide bonds. The third-order valence-corrected chi connectivity index (χ3v) is 3.99. The van der Waals surface area contributed by atoms with E-state index in [9.17, 15) is 13.2 Å². The molecule has 0 saturated heterocycles. The minimum atomic E-state index is -4.38. The minimum absolute atomic E-state index is 0.464. The smallest absolute Gasteiger partial charge is 0.354 e. The van der Waals surface area contributed by atoms with Gasteiger partial charge in [0.2, 0.25) is 0 Å². The number of aromatic nitrogens is 3.